The van der Waals surface area contributed by atoms with Crippen LogP contribution in [0, 0.1) is 0 Å². The highest BCUT2D eigenvalue weighted by Crippen LogP contribution is 2.28. The minimum absolute atomic E-state index is 0.0786. The molecule has 1 aromatic carbocycles. The molecule has 6 nitrogen and oxygen atoms in total. The Morgan fingerprint density at radius 1 is 1.32 bits per heavy atom. The van der Waals surface area contributed by atoms with Crippen molar-refractivity contribution in [3.05, 3.63) is 18.2 Å². The van der Waals surface area contributed by atoms with Crippen molar-refractivity contribution in [1.29, 1.82) is 0 Å². The third-order valence-corrected chi connectivity index (χ3v) is 4.58. The zero-order valence-corrected chi connectivity index (χ0v) is 12.2. The molecule has 0 atom stereocenters. The number of benzene rings is 1. The molecular formula is C12H20N2O4S. The lowest BCUT2D eigenvalue weighted by molar-refractivity contribution is 0.189. The van der Waals surface area contributed by atoms with Gasteiger partial charge in [0.2, 0.25) is 10.0 Å². The van der Waals surface area contributed by atoms with Gasteiger partial charge in [0, 0.05) is 33.0 Å². The molecule has 0 fully saturated rings. The number of methoxy groups -OCH3 is 2. The molecule has 7 heteroatoms. The largest absolute Gasteiger partial charge is 0.495 e. The monoisotopic (exact) mass is 288 g/mol. The van der Waals surface area contributed by atoms with Crippen LogP contribution in [-0.4, -0.2) is 47.1 Å². The van der Waals surface area contributed by atoms with Crippen LogP contribution in [0.25, 0.3) is 0 Å². The van der Waals surface area contributed by atoms with Crippen LogP contribution in [0.15, 0.2) is 23.1 Å². The lowest BCUT2D eigenvalue weighted by Gasteiger charge is -2.19. The second kappa shape index (κ2) is 6.74. The maximum absolute atomic E-state index is 12.4. The Hall–Kier alpha value is -1.31. The molecule has 0 bridgehead atoms. The second-order valence-corrected chi connectivity index (χ2v) is 6.10. The zero-order chi connectivity index (χ0) is 14.5. The number of anilines is 1. The topological polar surface area (TPSA) is 81.9 Å². The van der Waals surface area contributed by atoms with E-state index in [0.717, 1.165) is 0 Å². The summed E-state index contributed by atoms with van der Waals surface area (Å²) in [4.78, 5) is 0.0786. The highest BCUT2D eigenvalue weighted by Gasteiger charge is 2.24. The van der Waals surface area contributed by atoms with Gasteiger partial charge in [-0.25, -0.2) is 12.7 Å². The van der Waals surface area contributed by atoms with Gasteiger partial charge in [0.05, 0.1) is 7.11 Å². The van der Waals surface area contributed by atoms with Gasteiger partial charge in [-0.3, -0.25) is 0 Å². The van der Waals surface area contributed by atoms with Crippen LogP contribution in [-0.2, 0) is 14.8 Å². The summed E-state index contributed by atoms with van der Waals surface area (Å²) in [5.41, 5.74) is 6.02. The van der Waals surface area contributed by atoms with Crippen LogP contribution in [0.3, 0.4) is 0 Å². The quantitative estimate of drug-likeness (QED) is 0.596. The minimum Gasteiger partial charge on any atom is -0.495 e. The van der Waals surface area contributed by atoms with E-state index in [0.29, 0.717) is 25.3 Å². The fourth-order valence-electron chi connectivity index (χ4n) is 1.61. The molecule has 108 valence electrons. The molecule has 0 saturated carbocycles. The molecule has 0 aliphatic heterocycles. The van der Waals surface area contributed by atoms with Gasteiger partial charge in [-0.15, -0.1) is 0 Å². The number of nitrogens with zero attached hydrogens (tertiary/aromatic N) is 1. The Morgan fingerprint density at radius 2 is 2.00 bits per heavy atom. The van der Waals surface area contributed by atoms with E-state index in [9.17, 15) is 8.42 Å². The highest BCUT2D eigenvalue weighted by molar-refractivity contribution is 7.89. The summed E-state index contributed by atoms with van der Waals surface area (Å²) in [6, 6.07) is 4.55. The summed E-state index contributed by atoms with van der Waals surface area (Å²) < 4.78 is 36.1. The van der Waals surface area contributed by atoms with Gasteiger partial charge >= 0.3 is 0 Å². The SMILES string of the molecule is COCCCN(C)S(=O)(=O)c1cc(N)ccc1OC. The molecule has 0 aromatic heterocycles. The maximum Gasteiger partial charge on any atom is 0.246 e. The van der Waals surface area contributed by atoms with E-state index in [1.165, 1.54) is 24.5 Å². The average molecular weight is 288 g/mol. The lowest BCUT2D eigenvalue weighted by Crippen LogP contribution is -2.29. The van der Waals surface area contributed by atoms with Crippen LogP contribution < -0.4 is 10.5 Å². The van der Waals surface area contributed by atoms with Gasteiger partial charge in [-0.1, -0.05) is 0 Å². The van der Waals surface area contributed by atoms with E-state index in [1.807, 2.05) is 0 Å². The summed E-state index contributed by atoms with van der Waals surface area (Å²) in [6.07, 6.45) is 0.622. The van der Waals surface area contributed by atoms with Gasteiger partial charge in [-0.05, 0) is 24.6 Å². The van der Waals surface area contributed by atoms with Crippen LogP contribution in [0.2, 0.25) is 0 Å². The van der Waals surface area contributed by atoms with Crippen LogP contribution in [0.4, 0.5) is 5.69 Å². The molecule has 1 rings (SSSR count). The average Bonchev–Trinajstić information content (AvgIpc) is 2.38. The van der Waals surface area contributed by atoms with Crippen LogP contribution in [0.5, 0.6) is 5.75 Å². The molecule has 0 heterocycles. The number of nitrogen functional groups attached to an aromatic ring is 1. The van der Waals surface area contributed by atoms with E-state index in [-0.39, 0.29) is 10.6 Å². The van der Waals surface area contributed by atoms with E-state index < -0.39 is 10.0 Å². The second-order valence-electron chi connectivity index (χ2n) is 4.08. The lowest BCUT2D eigenvalue weighted by atomic mass is 10.3. The standard InChI is InChI=1S/C12H20N2O4S/c1-14(7-4-8-17-2)19(15,16)12-9-10(13)5-6-11(12)18-3/h5-6,9H,4,7-8,13H2,1-3H3. The normalized spacial score (nSPS) is 11.8. The van der Waals surface area contributed by atoms with Crippen molar-refractivity contribution in [3.63, 3.8) is 0 Å². The summed E-state index contributed by atoms with van der Waals surface area (Å²) >= 11 is 0. The van der Waals surface area contributed by atoms with Crippen molar-refractivity contribution in [2.75, 3.05) is 40.2 Å². The number of ether oxygens (including phenoxy) is 2. The fourth-order valence-corrected chi connectivity index (χ4v) is 3.01. The molecule has 0 radical (unpaired) electrons. The van der Waals surface area contributed by atoms with Gasteiger partial charge in [-0.2, -0.15) is 0 Å². The molecule has 19 heavy (non-hydrogen) atoms. The summed E-state index contributed by atoms with van der Waals surface area (Å²) in [6.45, 7) is 0.877. The van der Waals surface area contributed by atoms with Crippen molar-refractivity contribution < 1.29 is 17.9 Å². The van der Waals surface area contributed by atoms with E-state index in [2.05, 4.69) is 0 Å². The Bertz CT molecular complexity index is 516. The highest BCUT2D eigenvalue weighted by atomic mass is 32.2. The Labute approximate surface area is 114 Å². The maximum atomic E-state index is 12.4. The Balaban J connectivity index is 3.02. The number of nitrogens with two attached hydrogens (primary N) is 1. The summed E-state index contributed by atoms with van der Waals surface area (Å²) in [5.74, 6) is 0.285. The van der Waals surface area contributed by atoms with Gasteiger partial charge in [0.15, 0.2) is 0 Å². The van der Waals surface area contributed by atoms with E-state index in [1.54, 1.807) is 19.2 Å². The van der Waals surface area contributed by atoms with Crippen LogP contribution in [0.1, 0.15) is 6.42 Å². The van der Waals surface area contributed by atoms with E-state index >= 15 is 0 Å². The first kappa shape index (κ1) is 15.7. The van der Waals surface area contributed by atoms with Crippen molar-refractivity contribution in [3.8, 4) is 5.75 Å². The first-order valence-corrected chi connectivity index (χ1v) is 7.26. The molecule has 0 amide bonds. The summed E-state index contributed by atoms with van der Waals surface area (Å²) in [7, 11) is 0.914. The minimum atomic E-state index is -3.61. The van der Waals surface area contributed by atoms with Gasteiger partial charge in [0.1, 0.15) is 10.6 Å². The molecule has 0 aliphatic rings. The molecule has 1 aromatic rings. The Kier molecular flexibility index (Phi) is 5.59. The molecule has 0 aliphatic carbocycles. The van der Waals surface area contributed by atoms with Gasteiger partial charge < -0.3 is 15.2 Å². The van der Waals surface area contributed by atoms with Crippen molar-refractivity contribution >= 4 is 15.7 Å². The van der Waals surface area contributed by atoms with Gasteiger partial charge in [0.25, 0.3) is 0 Å². The molecule has 2 N–H and O–H groups in total. The van der Waals surface area contributed by atoms with Crippen molar-refractivity contribution in [1.82, 2.24) is 4.31 Å². The fraction of sp³-hybridized carbons (Fsp3) is 0.500. The number of hydrogen-bond acceptors (Lipinski definition) is 5. The Morgan fingerprint density at radius 3 is 2.58 bits per heavy atom. The number of sulfonamides is 1. The number of rotatable bonds is 7. The van der Waals surface area contributed by atoms with Crippen molar-refractivity contribution in [2.45, 2.75) is 11.3 Å². The molecule has 0 spiro atoms. The third-order valence-electron chi connectivity index (χ3n) is 2.70. The van der Waals surface area contributed by atoms with Crippen molar-refractivity contribution in [2.24, 2.45) is 0 Å². The molecule has 0 saturated heterocycles. The van der Waals surface area contributed by atoms with Crippen LogP contribution >= 0.6 is 0 Å². The molecule has 0 unspecified atom stereocenters. The first-order chi connectivity index (χ1) is 8.93. The smallest absolute Gasteiger partial charge is 0.246 e. The summed E-state index contributed by atoms with van der Waals surface area (Å²) in [5, 5.41) is 0. The zero-order valence-electron chi connectivity index (χ0n) is 11.4. The third kappa shape index (κ3) is 3.82. The predicted octanol–water partition coefficient (Wildman–Crippen LogP) is 0.934. The predicted molar refractivity (Wildman–Crippen MR) is 73.7 cm³/mol. The molecular weight excluding hydrogens is 268 g/mol. The van der Waals surface area contributed by atoms with E-state index in [4.69, 9.17) is 15.2 Å². The number of hydrogen-bond donors (Lipinski definition) is 1. The first-order valence-electron chi connectivity index (χ1n) is 5.82.